The van der Waals surface area contributed by atoms with Crippen molar-refractivity contribution in [2.24, 2.45) is 5.41 Å². The van der Waals surface area contributed by atoms with E-state index >= 15 is 0 Å². The number of halogens is 1. The molecule has 0 radical (unpaired) electrons. The van der Waals surface area contributed by atoms with Crippen LogP contribution in [0.5, 0.6) is 5.75 Å². The monoisotopic (exact) mass is 469 g/mol. The second-order valence-electron chi connectivity index (χ2n) is 9.83. The van der Waals surface area contributed by atoms with Gasteiger partial charge in [0.05, 0.1) is 17.9 Å². The Balaban J connectivity index is 1.51. The number of ether oxygens (including phenoxy) is 1. The second-order valence-corrected chi connectivity index (χ2v) is 11.7. The van der Waals surface area contributed by atoms with Gasteiger partial charge in [0.1, 0.15) is 6.54 Å². The van der Waals surface area contributed by atoms with Gasteiger partial charge in [-0.1, -0.05) is 33.3 Å². The zero-order valence-corrected chi connectivity index (χ0v) is 19.7. The van der Waals surface area contributed by atoms with Crippen LogP contribution in [0.2, 0.25) is 0 Å². The van der Waals surface area contributed by atoms with Crippen LogP contribution in [0.25, 0.3) is 0 Å². The first-order chi connectivity index (χ1) is 14.9. The molecule has 1 aliphatic carbocycles. The number of amides is 3. The van der Waals surface area contributed by atoms with Crippen LogP contribution in [-0.4, -0.2) is 50.7 Å². The van der Waals surface area contributed by atoms with Gasteiger partial charge in [0.2, 0.25) is 15.9 Å². The summed E-state index contributed by atoms with van der Waals surface area (Å²) in [6.45, 7) is 6.79. The molecule has 8 nitrogen and oxygen atoms in total. The molecule has 1 saturated carbocycles. The number of nitrogens with one attached hydrogen (secondary N) is 2. The van der Waals surface area contributed by atoms with Gasteiger partial charge in [-0.15, -0.1) is 0 Å². The lowest BCUT2D eigenvalue weighted by Gasteiger charge is -2.22. The van der Waals surface area contributed by atoms with Crippen molar-refractivity contribution in [2.45, 2.75) is 58.4 Å². The fraction of sp³-hybridized carbons (Fsp3) is 0.636. The fourth-order valence-corrected chi connectivity index (χ4v) is 5.17. The van der Waals surface area contributed by atoms with Gasteiger partial charge in [-0.25, -0.2) is 22.3 Å². The summed E-state index contributed by atoms with van der Waals surface area (Å²) in [4.78, 5) is 24.1. The molecule has 1 saturated heterocycles. The molecule has 1 aromatic rings. The molecule has 1 heterocycles. The highest BCUT2D eigenvalue weighted by molar-refractivity contribution is 7.89. The molecular weight excluding hydrogens is 437 g/mol. The minimum Gasteiger partial charge on any atom is -0.490 e. The highest BCUT2D eigenvalue weighted by Gasteiger charge is 2.47. The van der Waals surface area contributed by atoms with Gasteiger partial charge in [0, 0.05) is 6.54 Å². The van der Waals surface area contributed by atoms with Crippen LogP contribution in [0.3, 0.4) is 0 Å². The Morgan fingerprint density at radius 2 is 1.91 bits per heavy atom. The molecule has 0 bridgehead atoms. The summed E-state index contributed by atoms with van der Waals surface area (Å²) in [6.07, 6.45) is 2.97. The zero-order chi connectivity index (χ0) is 23.6. The van der Waals surface area contributed by atoms with E-state index in [-0.39, 0.29) is 29.4 Å². The van der Waals surface area contributed by atoms with Crippen LogP contribution in [0, 0.1) is 11.2 Å². The molecule has 2 aliphatic rings. The van der Waals surface area contributed by atoms with Gasteiger partial charge in [-0.05, 0) is 48.8 Å². The fourth-order valence-electron chi connectivity index (χ4n) is 3.56. The molecule has 2 N–H and O–H groups in total. The first kappa shape index (κ1) is 24.4. The Morgan fingerprint density at radius 1 is 1.19 bits per heavy atom. The summed E-state index contributed by atoms with van der Waals surface area (Å²) in [5.41, 5.74) is -0.133. The smallest absolute Gasteiger partial charge is 0.324 e. The molecule has 3 amide bonds. The quantitative estimate of drug-likeness (QED) is 0.383. The van der Waals surface area contributed by atoms with Crippen molar-refractivity contribution in [1.82, 2.24) is 14.9 Å². The summed E-state index contributed by atoms with van der Waals surface area (Å²) in [6, 6.07) is 4.13. The lowest BCUT2D eigenvalue weighted by atomic mass is 9.98. The van der Waals surface area contributed by atoms with Gasteiger partial charge in [0.15, 0.2) is 11.6 Å². The Hall–Kier alpha value is -2.20. The number of sulfonamides is 1. The third kappa shape index (κ3) is 6.65. The molecule has 0 unspecified atom stereocenters. The average Bonchev–Trinajstić information content (AvgIpc) is 3.37. The van der Waals surface area contributed by atoms with E-state index in [9.17, 15) is 22.4 Å². The lowest BCUT2D eigenvalue weighted by molar-refractivity contribution is -0.118. The van der Waals surface area contributed by atoms with Crippen molar-refractivity contribution in [3.63, 3.8) is 0 Å². The van der Waals surface area contributed by atoms with Crippen molar-refractivity contribution in [3.05, 3.63) is 29.6 Å². The third-order valence-electron chi connectivity index (χ3n) is 5.45. The van der Waals surface area contributed by atoms with E-state index in [1.54, 1.807) is 12.1 Å². The molecule has 178 valence electrons. The average molecular weight is 470 g/mol. The summed E-state index contributed by atoms with van der Waals surface area (Å²) in [5, 5.41) is 2.21. The predicted molar refractivity (Wildman–Crippen MR) is 118 cm³/mol. The summed E-state index contributed by atoms with van der Waals surface area (Å²) in [7, 11) is -3.53. The molecule has 32 heavy (non-hydrogen) atoms. The third-order valence-corrected chi connectivity index (χ3v) is 6.98. The molecular formula is C22H32FN3O5S. The minimum absolute atomic E-state index is 0.0333. The predicted octanol–water partition coefficient (Wildman–Crippen LogP) is 2.88. The highest BCUT2D eigenvalue weighted by Crippen LogP contribution is 2.47. The lowest BCUT2D eigenvalue weighted by Crippen LogP contribution is -2.36. The van der Waals surface area contributed by atoms with Crippen molar-refractivity contribution >= 4 is 22.0 Å². The first-order valence-corrected chi connectivity index (χ1v) is 12.6. The number of nitrogens with zero attached hydrogens (tertiary/aromatic N) is 1. The van der Waals surface area contributed by atoms with Crippen molar-refractivity contribution in [1.29, 1.82) is 0 Å². The van der Waals surface area contributed by atoms with E-state index in [1.165, 1.54) is 11.0 Å². The first-order valence-electron chi connectivity index (χ1n) is 10.9. The van der Waals surface area contributed by atoms with Crippen molar-refractivity contribution in [2.75, 3.05) is 25.4 Å². The van der Waals surface area contributed by atoms with Gasteiger partial charge in [0.25, 0.3) is 0 Å². The Kier molecular flexibility index (Phi) is 7.14. The summed E-state index contributed by atoms with van der Waals surface area (Å²) in [5.74, 6) is -0.685. The Morgan fingerprint density at radius 3 is 2.50 bits per heavy atom. The van der Waals surface area contributed by atoms with Gasteiger partial charge in [-0.3, -0.25) is 10.1 Å². The number of benzene rings is 1. The zero-order valence-electron chi connectivity index (χ0n) is 18.9. The molecule has 2 fully saturated rings. The van der Waals surface area contributed by atoms with E-state index in [0.717, 1.165) is 0 Å². The Labute approximate surface area is 188 Å². The maximum atomic E-state index is 14.2. The van der Waals surface area contributed by atoms with Gasteiger partial charge in [-0.2, -0.15) is 0 Å². The molecule has 1 aromatic carbocycles. The van der Waals surface area contributed by atoms with Crippen LogP contribution in [0.15, 0.2) is 18.2 Å². The van der Waals surface area contributed by atoms with E-state index in [2.05, 4.69) is 10.0 Å². The Bertz CT molecular complexity index is 970. The largest absolute Gasteiger partial charge is 0.490 e. The van der Waals surface area contributed by atoms with Crippen LogP contribution in [-0.2, 0) is 20.4 Å². The van der Waals surface area contributed by atoms with E-state index < -0.39 is 27.4 Å². The van der Waals surface area contributed by atoms with Crippen molar-refractivity contribution < 1.29 is 27.1 Å². The number of carbonyl (C=O) groups excluding carboxylic acids is 2. The number of urea groups is 1. The molecule has 0 spiro atoms. The van der Waals surface area contributed by atoms with Crippen LogP contribution in [0.4, 0.5) is 9.18 Å². The minimum atomic E-state index is -3.53. The van der Waals surface area contributed by atoms with Crippen molar-refractivity contribution in [3.8, 4) is 5.75 Å². The topological polar surface area (TPSA) is 105 Å². The van der Waals surface area contributed by atoms with E-state index in [4.69, 9.17) is 4.74 Å². The number of carbonyl (C=O) groups is 2. The molecule has 1 aliphatic heterocycles. The van der Waals surface area contributed by atoms with Crippen LogP contribution >= 0.6 is 0 Å². The highest BCUT2D eigenvalue weighted by atomic mass is 32.2. The molecule has 3 rings (SSSR count). The van der Waals surface area contributed by atoms with E-state index in [1.807, 2.05) is 20.8 Å². The second kappa shape index (κ2) is 9.35. The number of rotatable bonds is 11. The molecule has 0 aromatic heterocycles. The van der Waals surface area contributed by atoms with E-state index in [0.29, 0.717) is 50.8 Å². The van der Waals surface area contributed by atoms with Crippen LogP contribution < -0.4 is 14.8 Å². The number of hydrogen-bond donors (Lipinski definition) is 2. The number of unbranched alkanes of at least 4 members (excludes halogenated alkanes) is 2. The number of hydrogen-bond acceptors (Lipinski definition) is 5. The van der Waals surface area contributed by atoms with Crippen LogP contribution in [0.1, 0.15) is 58.4 Å². The molecule has 10 heteroatoms. The maximum Gasteiger partial charge on any atom is 0.324 e. The normalized spacial score (nSPS) is 18.1. The standard InChI is InChI=1S/C22H32FN3O5S/c1-21(2,3)15-31-18-13-16(7-8-17(18)23)22(9-10-22)25-32(29,30)12-6-4-5-11-26-14-19(27)24-20(26)28/h7-8,13,25H,4-6,9-12,14-15H2,1-3H3,(H,24,27,28). The maximum absolute atomic E-state index is 14.2. The molecule has 0 atom stereocenters. The van der Waals surface area contributed by atoms with Gasteiger partial charge < -0.3 is 9.64 Å². The van der Waals surface area contributed by atoms with Gasteiger partial charge >= 0.3 is 6.03 Å². The summed E-state index contributed by atoms with van der Waals surface area (Å²) >= 11 is 0. The SMILES string of the molecule is CC(C)(C)COc1cc(C2(NS(=O)(=O)CCCCCN3CC(=O)NC3=O)CC2)ccc1F. The summed E-state index contributed by atoms with van der Waals surface area (Å²) < 4.78 is 47.9. The number of imide groups is 1.